The molecular formula is C18H19Cl2F2O6P. The van der Waals surface area contributed by atoms with E-state index in [1.807, 2.05) is 0 Å². The van der Waals surface area contributed by atoms with Gasteiger partial charge in [0, 0.05) is 0 Å². The molecule has 0 spiro atoms. The smallest absolute Gasteiger partial charge is 0.472 e. The summed E-state index contributed by atoms with van der Waals surface area (Å²) < 4.78 is 59.8. The van der Waals surface area contributed by atoms with Gasteiger partial charge in [0.2, 0.25) is 0 Å². The van der Waals surface area contributed by atoms with Crippen LogP contribution in [-0.2, 0) is 26.8 Å². The fourth-order valence-corrected chi connectivity index (χ4v) is 3.57. The van der Waals surface area contributed by atoms with E-state index in [1.54, 1.807) is 13.8 Å². The van der Waals surface area contributed by atoms with Gasteiger partial charge in [-0.2, -0.15) is 0 Å². The zero-order valence-electron chi connectivity index (χ0n) is 15.6. The summed E-state index contributed by atoms with van der Waals surface area (Å²) in [7, 11) is -4.53. The van der Waals surface area contributed by atoms with Crippen LogP contribution in [0.2, 0.25) is 10.0 Å². The summed E-state index contributed by atoms with van der Waals surface area (Å²) in [5.74, 6) is -1.69. The van der Waals surface area contributed by atoms with Crippen molar-refractivity contribution >= 4 is 31.0 Å². The normalized spacial score (nSPS) is 11.6. The average Bonchev–Trinajstić information content (AvgIpc) is 2.64. The lowest BCUT2D eigenvalue weighted by Crippen LogP contribution is -2.01. The minimum Gasteiger partial charge on any atom is -0.489 e. The van der Waals surface area contributed by atoms with E-state index < -0.39 is 32.7 Å². The lowest BCUT2D eigenvalue weighted by molar-refractivity contribution is 0.137. The third-order valence-corrected chi connectivity index (χ3v) is 4.95. The Morgan fingerprint density at radius 1 is 0.862 bits per heavy atom. The molecule has 0 radical (unpaired) electrons. The van der Waals surface area contributed by atoms with Crippen molar-refractivity contribution in [1.82, 2.24) is 0 Å². The molecule has 6 nitrogen and oxygen atoms in total. The Bertz CT molecular complexity index is 796. The van der Waals surface area contributed by atoms with Crippen molar-refractivity contribution in [3.8, 4) is 11.5 Å². The lowest BCUT2D eigenvalue weighted by Gasteiger charge is -2.14. The molecule has 2 rings (SSSR count). The second kappa shape index (κ2) is 10.6. The molecular weight excluding hydrogens is 452 g/mol. The van der Waals surface area contributed by atoms with Gasteiger partial charge in [-0.05, 0) is 49.2 Å². The molecule has 0 saturated heterocycles. The van der Waals surface area contributed by atoms with Crippen LogP contribution in [0.1, 0.15) is 25.0 Å². The monoisotopic (exact) mass is 470 g/mol. The quantitative estimate of drug-likeness (QED) is 0.435. The molecule has 2 aromatic carbocycles. The zero-order valence-corrected chi connectivity index (χ0v) is 18.0. The molecule has 29 heavy (non-hydrogen) atoms. The Balaban J connectivity index is 2.00. The number of halogens is 4. The van der Waals surface area contributed by atoms with Gasteiger partial charge in [-0.15, -0.1) is 0 Å². The SMILES string of the molecule is CCOc1c(F)cc(COP(=O)(O)OCc2cc(F)c(OCC)c(Cl)c2)cc1Cl. The summed E-state index contributed by atoms with van der Waals surface area (Å²) in [6.07, 6.45) is 0. The van der Waals surface area contributed by atoms with Gasteiger partial charge in [0.15, 0.2) is 23.1 Å². The van der Waals surface area contributed by atoms with Crippen LogP contribution in [0, 0.1) is 11.6 Å². The first-order chi connectivity index (χ1) is 13.7. The zero-order chi connectivity index (χ0) is 21.6. The Labute approximate surface area is 176 Å². The number of ether oxygens (including phenoxy) is 2. The highest BCUT2D eigenvalue weighted by molar-refractivity contribution is 7.47. The van der Waals surface area contributed by atoms with E-state index in [0.717, 1.165) is 12.1 Å². The molecule has 0 fully saturated rings. The van der Waals surface area contributed by atoms with Crippen LogP contribution in [0.5, 0.6) is 11.5 Å². The van der Waals surface area contributed by atoms with Crippen molar-refractivity contribution in [3.05, 3.63) is 57.1 Å². The van der Waals surface area contributed by atoms with E-state index >= 15 is 0 Å². The number of rotatable bonds is 10. The Morgan fingerprint density at radius 3 is 1.55 bits per heavy atom. The van der Waals surface area contributed by atoms with E-state index in [9.17, 15) is 18.2 Å². The predicted molar refractivity (Wildman–Crippen MR) is 105 cm³/mol. The van der Waals surface area contributed by atoms with Gasteiger partial charge in [-0.3, -0.25) is 9.05 Å². The Hall–Kier alpha value is -1.41. The fraction of sp³-hybridized carbons (Fsp3) is 0.333. The molecule has 0 saturated carbocycles. The number of phosphoric ester groups is 1. The second-order valence-electron chi connectivity index (χ2n) is 5.66. The summed E-state index contributed by atoms with van der Waals surface area (Å²) >= 11 is 11.9. The van der Waals surface area contributed by atoms with E-state index in [0.29, 0.717) is 0 Å². The molecule has 0 unspecified atom stereocenters. The molecule has 0 aliphatic carbocycles. The molecule has 0 aromatic heterocycles. The van der Waals surface area contributed by atoms with E-state index in [1.165, 1.54) is 12.1 Å². The minimum absolute atomic E-state index is 0.00125. The third kappa shape index (κ3) is 6.81. The van der Waals surface area contributed by atoms with Gasteiger partial charge in [0.1, 0.15) is 0 Å². The summed E-state index contributed by atoms with van der Waals surface area (Å²) in [5.41, 5.74) is 0.396. The maximum atomic E-state index is 14.0. The molecule has 0 aliphatic heterocycles. The first-order valence-electron chi connectivity index (χ1n) is 8.50. The van der Waals surface area contributed by atoms with E-state index in [2.05, 4.69) is 0 Å². The van der Waals surface area contributed by atoms with Crippen molar-refractivity contribution in [3.63, 3.8) is 0 Å². The van der Waals surface area contributed by atoms with Crippen molar-refractivity contribution in [2.45, 2.75) is 27.1 Å². The maximum Gasteiger partial charge on any atom is 0.472 e. The molecule has 160 valence electrons. The first-order valence-corrected chi connectivity index (χ1v) is 10.7. The summed E-state index contributed by atoms with van der Waals surface area (Å²) in [6.45, 7) is 2.90. The Morgan fingerprint density at radius 2 is 1.24 bits per heavy atom. The molecule has 0 amide bonds. The number of hydrogen-bond acceptors (Lipinski definition) is 5. The summed E-state index contributed by atoms with van der Waals surface area (Å²) in [4.78, 5) is 9.80. The molecule has 11 heteroatoms. The van der Waals surface area contributed by atoms with Gasteiger partial charge in [-0.1, -0.05) is 23.2 Å². The van der Waals surface area contributed by atoms with Crippen LogP contribution in [0.4, 0.5) is 8.78 Å². The van der Waals surface area contributed by atoms with Crippen LogP contribution in [0.3, 0.4) is 0 Å². The van der Waals surface area contributed by atoms with Gasteiger partial charge < -0.3 is 14.4 Å². The fourth-order valence-electron chi connectivity index (χ4n) is 2.31. The summed E-state index contributed by atoms with van der Waals surface area (Å²) in [6, 6.07) is 4.82. The van der Waals surface area contributed by atoms with Gasteiger partial charge in [-0.25, -0.2) is 13.3 Å². The van der Waals surface area contributed by atoms with E-state index in [4.69, 9.17) is 41.7 Å². The van der Waals surface area contributed by atoms with Crippen LogP contribution in [-0.4, -0.2) is 18.1 Å². The third-order valence-electron chi connectivity index (χ3n) is 3.48. The van der Waals surface area contributed by atoms with Gasteiger partial charge in [0.25, 0.3) is 0 Å². The van der Waals surface area contributed by atoms with Gasteiger partial charge in [0.05, 0.1) is 36.5 Å². The highest BCUT2D eigenvalue weighted by atomic mass is 35.5. The second-order valence-corrected chi connectivity index (χ2v) is 7.93. The van der Waals surface area contributed by atoms with Crippen molar-refractivity contribution < 1.29 is 36.8 Å². The van der Waals surface area contributed by atoms with Crippen molar-refractivity contribution in [2.75, 3.05) is 13.2 Å². The molecule has 0 bridgehead atoms. The average molecular weight is 471 g/mol. The highest BCUT2D eigenvalue weighted by Crippen LogP contribution is 2.45. The van der Waals surface area contributed by atoms with Gasteiger partial charge >= 0.3 is 7.82 Å². The summed E-state index contributed by atoms with van der Waals surface area (Å²) in [5, 5.41) is -0.00251. The Kier molecular flexibility index (Phi) is 8.70. The van der Waals surface area contributed by atoms with E-state index in [-0.39, 0.29) is 45.9 Å². The molecule has 0 atom stereocenters. The largest absolute Gasteiger partial charge is 0.489 e. The topological polar surface area (TPSA) is 74.2 Å². The van der Waals surface area contributed by atoms with Crippen LogP contribution >= 0.6 is 31.0 Å². The number of hydrogen-bond donors (Lipinski definition) is 1. The van der Waals surface area contributed by atoms with Crippen LogP contribution in [0.25, 0.3) is 0 Å². The van der Waals surface area contributed by atoms with Crippen LogP contribution in [0.15, 0.2) is 24.3 Å². The number of phosphoric acid groups is 1. The van der Waals surface area contributed by atoms with Crippen molar-refractivity contribution in [1.29, 1.82) is 0 Å². The standard InChI is InChI=1S/C18H19Cl2F2O6P/c1-3-25-17-13(19)5-11(7-15(17)21)9-27-29(23,24)28-10-12-6-14(20)18(26-4-2)16(22)8-12/h5-8H,3-4,9-10H2,1-2H3,(H,23,24). The minimum atomic E-state index is -4.53. The predicted octanol–water partition coefficient (Wildman–Crippen LogP) is 5.90. The van der Waals surface area contributed by atoms with Crippen LogP contribution < -0.4 is 9.47 Å². The molecule has 0 heterocycles. The lowest BCUT2D eigenvalue weighted by atomic mass is 10.2. The molecule has 0 aliphatic rings. The van der Waals surface area contributed by atoms with Crippen molar-refractivity contribution in [2.24, 2.45) is 0 Å². The highest BCUT2D eigenvalue weighted by Gasteiger charge is 2.23. The maximum absolute atomic E-state index is 14.0. The number of benzene rings is 2. The first kappa shape index (κ1) is 23.9. The molecule has 1 N–H and O–H groups in total. The molecule has 2 aromatic rings.